The van der Waals surface area contributed by atoms with Crippen molar-refractivity contribution in [3.05, 3.63) is 22.4 Å². The lowest BCUT2D eigenvalue weighted by molar-refractivity contribution is 0.998. The molecule has 0 aliphatic rings. The van der Waals surface area contributed by atoms with Gasteiger partial charge in [0.2, 0.25) is 5.95 Å². The van der Waals surface area contributed by atoms with Crippen molar-refractivity contribution in [1.29, 1.82) is 0 Å². The fourth-order valence-electron chi connectivity index (χ4n) is 1.13. The first-order valence-corrected chi connectivity index (χ1v) is 4.91. The molecule has 82 valence electrons. The largest absolute Gasteiger partial charge is 0.382 e. The summed E-state index contributed by atoms with van der Waals surface area (Å²) in [6.07, 6.45) is 0. The van der Waals surface area contributed by atoms with Crippen LogP contribution in [-0.4, -0.2) is 20.2 Å². The van der Waals surface area contributed by atoms with Crippen molar-refractivity contribution in [3.8, 4) is 11.3 Å². The molecule has 0 radical (unpaired) electrons. The van der Waals surface area contributed by atoms with Crippen LogP contribution in [0.4, 0.5) is 11.8 Å². The first-order chi connectivity index (χ1) is 7.58. The zero-order valence-electron chi connectivity index (χ0n) is 7.85. The topological polar surface area (TPSA) is 104 Å². The lowest BCUT2D eigenvalue weighted by Gasteiger charge is -2.04. The highest BCUT2D eigenvalue weighted by molar-refractivity contribution is 6.34. The summed E-state index contributed by atoms with van der Waals surface area (Å²) in [6, 6.07) is 3.20. The minimum atomic E-state index is -0.000653. The predicted molar refractivity (Wildman–Crippen MR) is 61.9 cm³/mol. The van der Waals surface area contributed by atoms with Crippen LogP contribution in [0.5, 0.6) is 0 Å². The van der Waals surface area contributed by atoms with Gasteiger partial charge in [-0.25, -0.2) is 4.98 Å². The van der Waals surface area contributed by atoms with Crippen molar-refractivity contribution in [2.24, 2.45) is 0 Å². The Kier molecular flexibility index (Phi) is 2.76. The molecule has 8 heteroatoms. The maximum absolute atomic E-state index is 5.90. The van der Waals surface area contributed by atoms with Crippen molar-refractivity contribution in [1.82, 2.24) is 20.2 Å². The SMILES string of the molecule is Nc1nnc(-c2ccc(Cl)nc2Cl)c(N)n1. The number of aromatic nitrogens is 4. The standard InChI is InChI=1S/C8H6Cl2N6/c9-4-2-1-3(6(10)13-4)5-7(11)14-8(12)16-15-5/h1-2H,(H4,11,12,14,16). The van der Waals surface area contributed by atoms with Crippen molar-refractivity contribution in [2.45, 2.75) is 0 Å². The molecule has 2 aromatic rings. The molecule has 0 fully saturated rings. The number of anilines is 2. The van der Waals surface area contributed by atoms with E-state index in [-0.39, 0.29) is 22.1 Å². The fraction of sp³-hybridized carbons (Fsp3) is 0. The lowest BCUT2D eigenvalue weighted by atomic mass is 10.2. The zero-order chi connectivity index (χ0) is 11.7. The average Bonchev–Trinajstić information content (AvgIpc) is 2.19. The molecule has 0 unspecified atom stereocenters. The van der Waals surface area contributed by atoms with Gasteiger partial charge in [0, 0.05) is 5.56 Å². The van der Waals surface area contributed by atoms with Crippen molar-refractivity contribution < 1.29 is 0 Å². The molecular formula is C8H6Cl2N6. The van der Waals surface area contributed by atoms with Crippen LogP contribution in [0.1, 0.15) is 0 Å². The number of nitrogen functional groups attached to an aromatic ring is 2. The third-order valence-corrected chi connectivity index (χ3v) is 2.30. The molecule has 0 aliphatic carbocycles. The molecule has 2 heterocycles. The molecule has 0 saturated heterocycles. The number of halogens is 2. The van der Waals surface area contributed by atoms with Gasteiger partial charge in [-0.3, -0.25) is 0 Å². The van der Waals surface area contributed by atoms with Crippen LogP contribution >= 0.6 is 23.2 Å². The van der Waals surface area contributed by atoms with E-state index in [0.29, 0.717) is 11.3 Å². The second-order valence-corrected chi connectivity index (χ2v) is 3.62. The number of pyridine rings is 1. The van der Waals surface area contributed by atoms with E-state index < -0.39 is 0 Å². The van der Waals surface area contributed by atoms with Gasteiger partial charge < -0.3 is 11.5 Å². The van der Waals surface area contributed by atoms with Crippen LogP contribution in [0.25, 0.3) is 11.3 Å². The third kappa shape index (κ3) is 1.98. The Morgan fingerprint density at radius 3 is 2.38 bits per heavy atom. The summed E-state index contributed by atoms with van der Waals surface area (Å²) >= 11 is 11.6. The van der Waals surface area contributed by atoms with E-state index in [2.05, 4.69) is 20.2 Å². The lowest BCUT2D eigenvalue weighted by Crippen LogP contribution is -2.04. The maximum atomic E-state index is 5.90. The second kappa shape index (κ2) is 4.07. The van der Waals surface area contributed by atoms with E-state index in [4.69, 9.17) is 34.7 Å². The highest BCUT2D eigenvalue weighted by Crippen LogP contribution is 2.28. The van der Waals surface area contributed by atoms with Crippen LogP contribution in [0.2, 0.25) is 10.3 Å². The molecule has 0 bridgehead atoms. The monoisotopic (exact) mass is 256 g/mol. The van der Waals surface area contributed by atoms with Crippen LogP contribution in [0.15, 0.2) is 12.1 Å². The van der Waals surface area contributed by atoms with Gasteiger partial charge in [-0.15, -0.1) is 10.2 Å². The van der Waals surface area contributed by atoms with Crippen molar-refractivity contribution >= 4 is 35.0 Å². The Morgan fingerprint density at radius 2 is 1.75 bits per heavy atom. The van der Waals surface area contributed by atoms with E-state index in [1.54, 1.807) is 12.1 Å². The number of rotatable bonds is 1. The minimum absolute atomic E-state index is 0.000653. The number of hydrogen-bond acceptors (Lipinski definition) is 6. The van der Waals surface area contributed by atoms with Gasteiger partial charge in [-0.2, -0.15) is 4.98 Å². The van der Waals surface area contributed by atoms with Gasteiger partial charge in [0.1, 0.15) is 16.0 Å². The molecule has 0 aliphatic heterocycles. The van der Waals surface area contributed by atoms with E-state index in [9.17, 15) is 0 Å². The van der Waals surface area contributed by atoms with Gasteiger partial charge in [-0.05, 0) is 12.1 Å². The summed E-state index contributed by atoms with van der Waals surface area (Å²) in [5.41, 5.74) is 11.8. The summed E-state index contributed by atoms with van der Waals surface area (Å²) < 4.78 is 0. The quantitative estimate of drug-likeness (QED) is 0.748. The van der Waals surface area contributed by atoms with Gasteiger partial charge in [0.05, 0.1) is 0 Å². The highest BCUT2D eigenvalue weighted by atomic mass is 35.5. The molecule has 4 N–H and O–H groups in total. The molecular weight excluding hydrogens is 251 g/mol. The molecule has 0 amide bonds. The zero-order valence-corrected chi connectivity index (χ0v) is 9.37. The summed E-state index contributed by atoms with van der Waals surface area (Å²) in [5, 5.41) is 7.87. The van der Waals surface area contributed by atoms with E-state index >= 15 is 0 Å². The van der Waals surface area contributed by atoms with Gasteiger partial charge >= 0.3 is 0 Å². The summed E-state index contributed by atoms with van der Waals surface area (Å²) in [4.78, 5) is 7.64. The number of hydrogen-bond donors (Lipinski definition) is 2. The summed E-state index contributed by atoms with van der Waals surface area (Å²) in [5.74, 6) is 0.137. The Morgan fingerprint density at radius 1 is 1.00 bits per heavy atom. The van der Waals surface area contributed by atoms with Gasteiger partial charge in [-0.1, -0.05) is 23.2 Å². The second-order valence-electron chi connectivity index (χ2n) is 2.88. The minimum Gasteiger partial charge on any atom is -0.382 e. The molecule has 0 spiro atoms. The third-order valence-electron chi connectivity index (χ3n) is 1.80. The smallest absolute Gasteiger partial charge is 0.242 e. The van der Waals surface area contributed by atoms with Crippen LogP contribution < -0.4 is 11.5 Å². The summed E-state index contributed by atoms with van der Waals surface area (Å²) in [6.45, 7) is 0. The Labute approximate surface area is 101 Å². The van der Waals surface area contributed by atoms with Gasteiger partial charge in [0.25, 0.3) is 0 Å². The van der Waals surface area contributed by atoms with E-state index in [0.717, 1.165) is 0 Å². The predicted octanol–water partition coefficient (Wildman–Crippen LogP) is 1.40. The fourth-order valence-corrected chi connectivity index (χ4v) is 1.57. The van der Waals surface area contributed by atoms with Crippen LogP contribution in [0, 0.1) is 0 Å². The first kappa shape index (κ1) is 10.8. The molecule has 2 rings (SSSR count). The molecule has 0 atom stereocenters. The van der Waals surface area contributed by atoms with Crippen molar-refractivity contribution in [3.63, 3.8) is 0 Å². The van der Waals surface area contributed by atoms with Crippen LogP contribution in [0.3, 0.4) is 0 Å². The molecule has 0 saturated carbocycles. The summed E-state index contributed by atoms with van der Waals surface area (Å²) in [7, 11) is 0. The van der Waals surface area contributed by atoms with E-state index in [1.807, 2.05) is 0 Å². The Bertz CT molecular complexity index is 495. The highest BCUT2D eigenvalue weighted by Gasteiger charge is 2.12. The Hall–Kier alpha value is -1.66. The normalized spacial score (nSPS) is 10.4. The maximum Gasteiger partial charge on any atom is 0.242 e. The molecule has 2 aromatic heterocycles. The van der Waals surface area contributed by atoms with Crippen LogP contribution in [-0.2, 0) is 0 Å². The molecule has 6 nitrogen and oxygen atoms in total. The Balaban J connectivity index is 2.59. The molecule has 16 heavy (non-hydrogen) atoms. The van der Waals surface area contributed by atoms with Gasteiger partial charge in [0.15, 0.2) is 5.82 Å². The number of nitrogens with two attached hydrogens (primary N) is 2. The number of nitrogens with zero attached hydrogens (tertiary/aromatic N) is 4. The first-order valence-electron chi connectivity index (χ1n) is 4.16. The molecule has 0 aromatic carbocycles. The van der Waals surface area contributed by atoms with E-state index in [1.165, 1.54) is 0 Å². The van der Waals surface area contributed by atoms with Crippen molar-refractivity contribution in [2.75, 3.05) is 11.5 Å². The average molecular weight is 257 g/mol.